The number of methoxy groups -OCH3 is 1. The van der Waals surface area contributed by atoms with E-state index in [4.69, 9.17) is 10.5 Å². The zero-order chi connectivity index (χ0) is 15.2. The summed E-state index contributed by atoms with van der Waals surface area (Å²) in [6.45, 7) is 9.61. The molecule has 0 atom stereocenters. The molecule has 1 rings (SSSR count). The van der Waals surface area contributed by atoms with Crippen molar-refractivity contribution < 1.29 is 9.13 Å². The van der Waals surface area contributed by atoms with Crippen molar-refractivity contribution in [1.82, 2.24) is 4.90 Å². The number of hydrogen-bond donors (Lipinski definition) is 1. The lowest BCUT2D eigenvalue weighted by atomic mass is 9.92. The quantitative estimate of drug-likeness (QED) is 0.796. The van der Waals surface area contributed by atoms with Gasteiger partial charge in [-0.1, -0.05) is 20.8 Å². The topological polar surface area (TPSA) is 38.5 Å². The molecule has 0 spiro atoms. The Labute approximate surface area is 121 Å². The fraction of sp³-hybridized carbons (Fsp3) is 0.625. The number of rotatable bonds is 8. The number of nitrogens with two attached hydrogens (primary N) is 1. The Kier molecular flexibility index (Phi) is 6.43. The molecule has 20 heavy (non-hydrogen) atoms. The summed E-state index contributed by atoms with van der Waals surface area (Å²) in [6.07, 6.45) is 1.05. The predicted octanol–water partition coefficient (Wildman–Crippen LogP) is 3.03. The standard InChI is InChI=1S/C16H27FN2O/c1-5-8-19(12-16(2,3)11-18)10-13-9-14(17)6-7-15(13)20-4/h6-7,9H,5,8,10-12,18H2,1-4H3. The Morgan fingerprint density at radius 3 is 2.60 bits per heavy atom. The highest BCUT2D eigenvalue weighted by molar-refractivity contribution is 5.33. The van der Waals surface area contributed by atoms with Gasteiger partial charge in [0, 0.05) is 18.7 Å². The molecule has 0 aliphatic rings. The van der Waals surface area contributed by atoms with E-state index < -0.39 is 0 Å². The number of ether oxygens (including phenoxy) is 1. The van der Waals surface area contributed by atoms with Crippen LogP contribution in [0.15, 0.2) is 18.2 Å². The maximum atomic E-state index is 13.4. The molecular weight excluding hydrogens is 255 g/mol. The van der Waals surface area contributed by atoms with Crippen LogP contribution in [0.1, 0.15) is 32.8 Å². The smallest absolute Gasteiger partial charge is 0.123 e. The maximum Gasteiger partial charge on any atom is 0.123 e. The Bertz CT molecular complexity index is 421. The zero-order valence-corrected chi connectivity index (χ0v) is 13.1. The van der Waals surface area contributed by atoms with E-state index in [1.54, 1.807) is 19.2 Å². The molecule has 0 heterocycles. The van der Waals surface area contributed by atoms with Gasteiger partial charge in [-0.05, 0) is 43.1 Å². The summed E-state index contributed by atoms with van der Waals surface area (Å²) in [5.74, 6) is 0.508. The van der Waals surface area contributed by atoms with Crippen LogP contribution in [0.25, 0.3) is 0 Å². The normalized spacial score (nSPS) is 11.9. The lowest BCUT2D eigenvalue weighted by Gasteiger charge is -2.32. The molecule has 3 nitrogen and oxygen atoms in total. The number of halogens is 1. The van der Waals surface area contributed by atoms with Crippen molar-refractivity contribution in [3.05, 3.63) is 29.6 Å². The molecule has 114 valence electrons. The summed E-state index contributed by atoms with van der Waals surface area (Å²) >= 11 is 0. The summed E-state index contributed by atoms with van der Waals surface area (Å²) in [5.41, 5.74) is 6.75. The second kappa shape index (κ2) is 7.60. The van der Waals surface area contributed by atoms with Gasteiger partial charge in [0.2, 0.25) is 0 Å². The first kappa shape index (κ1) is 16.9. The Morgan fingerprint density at radius 1 is 1.35 bits per heavy atom. The van der Waals surface area contributed by atoms with Crippen molar-refractivity contribution in [2.75, 3.05) is 26.7 Å². The number of benzene rings is 1. The Hall–Kier alpha value is -1.13. The molecule has 0 aliphatic heterocycles. The van der Waals surface area contributed by atoms with E-state index in [1.165, 1.54) is 6.07 Å². The van der Waals surface area contributed by atoms with E-state index in [0.29, 0.717) is 13.1 Å². The van der Waals surface area contributed by atoms with Crippen LogP contribution in [0.2, 0.25) is 0 Å². The largest absolute Gasteiger partial charge is 0.496 e. The summed E-state index contributed by atoms with van der Waals surface area (Å²) in [6, 6.07) is 4.66. The van der Waals surface area contributed by atoms with Gasteiger partial charge in [-0.25, -0.2) is 4.39 Å². The first-order chi connectivity index (χ1) is 9.41. The highest BCUT2D eigenvalue weighted by Gasteiger charge is 2.21. The van der Waals surface area contributed by atoms with Crippen LogP contribution in [0.3, 0.4) is 0 Å². The third-order valence-corrected chi connectivity index (χ3v) is 3.38. The van der Waals surface area contributed by atoms with E-state index >= 15 is 0 Å². The molecule has 0 amide bonds. The molecule has 0 saturated carbocycles. The van der Waals surface area contributed by atoms with Crippen LogP contribution in [0, 0.1) is 11.2 Å². The summed E-state index contributed by atoms with van der Waals surface area (Å²) in [4.78, 5) is 2.31. The number of nitrogens with zero attached hydrogens (tertiary/aromatic N) is 1. The molecule has 0 radical (unpaired) electrons. The van der Waals surface area contributed by atoms with Gasteiger partial charge in [0.25, 0.3) is 0 Å². The molecule has 0 fully saturated rings. The summed E-state index contributed by atoms with van der Waals surface area (Å²) in [7, 11) is 1.62. The molecule has 0 aliphatic carbocycles. The van der Waals surface area contributed by atoms with E-state index in [1.807, 2.05) is 0 Å². The van der Waals surface area contributed by atoms with Gasteiger partial charge >= 0.3 is 0 Å². The molecule has 1 aromatic rings. The van der Waals surface area contributed by atoms with E-state index in [0.717, 1.165) is 30.8 Å². The Morgan fingerprint density at radius 2 is 2.05 bits per heavy atom. The molecular formula is C16H27FN2O. The van der Waals surface area contributed by atoms with Crippen molar-refractivity contribution in [2.45, 2.75) is 33.7 Å². The monoisotopic (exact) mass is 282 g/mol. The first-order valence-corrected chi connectivity index (χ1v) is 7.16. The van der Waals surface area contributed by atoms with Gasteiger partial charge < -0.3 is 10.5 Å². The predicted molar refractivity (Wildman–Crippen MR) is 81.4 cm³/mol. The fourth-order valence-electron chi connectivity index (χ4n) is 2.31. The third-order valence-electron chi connectivity index (χ3n) is 3.38. The molecule has 0 saturated heterocycles. The van der Waals surface area contributed by atoms with Gasteiger partial charge in [0.05, 0.1) is 7.11 Å². The van der Waals surface area contributed by atoms with Crippen molar-refractivity contribution in [3.8, 4) is 5.75 Å². The van der Waals surface area contributed by atoms with Crippen LogP contribution in [-0.2, 0) is 6.54 Å². The highest BCUT2D eigenvalue weighted by atomic mass is 19.1. The molecule has 0 aromatic heterocycles. The van der Waals surface area contributed by atoms with Gasteiger partial charge in [-0.2, -0.15) is 0 Å². The second-order valence-corrected chi connectivity index (χ2v) is 6.04. The summed E-state index contributed by atoms with van der Waals surface area (Å²) in [5, 5.41) is 0. The lowest BCUT2D eigenvalue weighted by Crippen LogP contribution is -2.38. The third kappa shape index (κ3) is 5.10. The lowest BCUT2D eigenvalue weighted by molar-refractivity contribution is 0.174. The average Bonchev–Trinajstić information content (AvgIpc) is 2.39. The van der Waals surface area contributed by atoms with E-state index in [-0.39, 0.29) is 11.2 Å². The van der Waals surface area contributed by atoms with Crippen LogP contribution in [0.5, 0.6) is 5.75 Å². The minimum absolute atomic E-state index is 0.0513. The average molecular weight is 282 g/mol. The van der Waals surface area contributed by atoms with Crippen molar-refractivity contribution >= 4 is 0 Å². The van der Waals surface area contributed by atoms with Gasteiger partial charge in [0.1, 0.15) is 11.6 Å². The van der Waals surface area contributed by atoms with Crippen LogP contribution in [-0.4, -0.2) is 31.6 Å². The van der Waals surface area contributed by atoms with Gasteiger partial charge in [-0.15, -0.1) is 0 Å². The van der Waals surface area contributed by atoms with E-state index in [2.05, 4.69) is 25.7 Å². The zero-order valence-electron chi connectivity index (χ0n) is 13.1. The first-order valence-electron chi connectivity index (χ1n) is 7.16. The van der Waals surface area contributed by atoms with E-state index in [9.17, 15) is 4.39 Å². The van der Waals surface area contributed by atoms with Crippen molar-refractivity contribution in [3.63, 3.8) is 0 Å². The second-order valence-electron chi connectivity index (χ2n) is 6.04. The minimum Gasteiger partial charge on any atom is -0.496 e. The van der Waals surface area contributed by atoms with Gasteiger partial charge in [-0.3, -0.25) is 4.90 Å². The molecule has 4 heteroatoms. The molecule has 2 N–H and O–H groups in total. The van der Waals surface area contributed by atoms with Crippen molar-refractivity contribution in [2.24, 2.45) is 11.1 Å². The molecule has 1 aromatic carbocycles. The van der Waals surface area contributed by atoms with Gasteiger partial charge in [0.15, 0.2) is 0 Å². The number of hydrogen-bond acceptors (Lipinski definition) is 3. The minimum atomic E-state index is -0.227. The van der Waals surface area contributed by atoms with Crippen LogP contribution < -0.4 is 10.5 Å². The van der Waals surface area contributed by atoms with Crippen LogP contribution >= 0.6 is 0 Å². The van der Waals surface area contributed by atoms with Crippen molar-refractivity contribution in [1.29, 1.82) is 0 Å². The molecule has 0 bridgehead atoms. The maximum absolute atomic E-state index is 13.4. The molecule has 0 unspecified atom stereocenters. The summed E-state index contributed by atoms with van der Waals surface area (Å²) < 4.78 is 18.7. The highest BCUT2D eigenvalue weighted by Crippen LogP contribution is 2.23. The SMILES string of the molecule is CCCN(Cc1cc(F)ccc1OC)CC(C)(C)CN. The van der Waals surface area contributed by atoms with Crippen LogP contribution in [0.4, 0.5) is 4.39 Å². The Balaban J connectivity index is 2.87. The fourth-order valence-corrected chi connectivity index (χ4v) is 2.31.